The molecular formula is C7H15NO. The first-order chi connectivity index (χ1) is 4.33. The summed E-state index contributed by atoms with van der Waals surface area (Å²) in [6.07, 6.45) is 3.82. The summed E-state index contributed by atoms with van der Waals surface area (Å²) in [7, 11) is 0. The summed E-state index contributed by atoms with van der Waals surface area (Å²) in [5.41, 5.74) is 5.70. The van der Waals surface area contributed by atoms with Crippen molar-refractivity contribution in [2.45, 2.75) is 38.3 Å². The van der Waals surface area contributed by atoms with E-state index < -0.39 is 0 Å². The predicted molar refractivity (Wildman–Crippen MR) is 37.2 cm³/mol. The van der Waals surface area contributed by atoms with Gasteiger partial charge < -0.3 is 10.5 Å². The molecule has 0 aromatic carbocycles. The molecule has 0 aromatic rings. The van der Waals surface area contributed by atoms with E-state index in [4.69, 9.17) is 10.5 Å². The van der Waals surface area contributed by atoms with Gasteiger partial charge in [0.2, 0.25) is 0 Å². The molecule has 2 atom stereocenters. The van der Waals surface area contributed by atoms with Gasteiger partial charge in [-0.1, -0.05) is 6.92 Å². The molecule has 1 aliphatic heterocycles. The highest BCUT2D eigenvalue weighted by molar-refractivity contribution is 4.72. The van der Waals surface area contributed by atoms with Gasteiger partial charge >= 0.3 is 0 Å². The fourth-order valence-corrected chi connectivity index (χ4v) is 0.975. The van der Waals surface area contributed by atoms with Crippen LogP contribution in [-0.2, 0) is 4.74 Å². The number of ether oxygens (including phenoxy) is 1. The van der Waals surface area contributed by atoms with Crippen molar-refractivity contribution in [2.75, 3.05) is 6.61 Å². The molecule has 2 heteroatoms. The summed E-state index contributed by atoms with van der Waals surface area (Å²) < 4.78 is 5.22. The molecule has 0 spiro atoms. The Bertz CT molecular complexity index is 78.2. The first-order valence-electron chi connectivity index (χ1n) is 3.70. The molecular weight excluding hydrogens is 114 g/mol. The minimum absolute atomic E-state index is 0.357. The average Bonchev–Trinajstić information content (AvgIpc) is 1.78. The highest BCUT2D eigenvalue weighted by Crippen LogP contribution is 2.16. The molecule has 2 unspecified atom stereocenters. The summed E-state index contributed by atoms with van der Waals surface area (Å²) in [6.45, 7) is 3.06. The number of hydrogen-bond acceptors (Lipinski definition) is 2. The van der Waals surface area contributed by atoms with E-state index in [1.54, 1.807) is 0 Å². The summed E-state index contributed by atoms with van der Waals surface area (Å²) >= 11 is 0. The third-order valence-corrected chi connectivity index (χ3v) is 1.88. The Labute approximate surface area is 56.4 Å². The van der Waals surface area contributed by atoms with Gasteiger partial charge in [-0.05, 0) is 19.3 Å². The molecule has 1 rings (SSSR count). The van der Waals surface area contributed by atoms with Crippen molar-refractivity contribution in [1.29, 1.82) is 0 Å². The van der Waals surface area contributed by atoms with Crippen molar-refractivity contribution in [3.8, 4) is 0 Å². The van der Waals surface area contributed by atoms with Gasteiger partial charge in [-0.3, -0.25) is 0 Å². The molecule has 0 aromatic heterocycles. The summed E-state index contributed by atoms with van der Waals surface area (Å²) in [6, 6.07) is 0.357. The summed E-state index contributed by atoms with van der Waals surface area (Å²) in [4.78, 5) is 0. The van der Waals surface area contributed by atoms with Gasteiger partial charge in [-0.2, -0.15) is 0 Å². The SMILES string of the molecule is CCC(N)CC1CCO1. The van der Waals surface area contributed by atoms with Crippen LogP contribution >= 0.6 is 0 Å². The van der Waals surface area contributed by atoms with Gasteiger partial charge in [-0.25, -0.2) is 0 Å². The van der Waals surface area contributed by atoms with Crippen LogP contribution in [0.15, 0.2) is 0 Å². The topological polar surface area (TPSA) is 35.2 Å². The molecule has 0 amide bonds. The van der Waals surface area contributed by atoms with Crippen LogP contribution in [0.3, 0.4) is 0 Å². The maximum Gasteiger partial charge on any atom is 0.0611 e. The van der Waals surface area contributed by atoms with E-state index in [0.717, 1.165) is 19.4 Å². The molecule has 0 aliphatic carbocycles. The molecule has 1 heterocycles. The number of hydrogen-bond donors (Lipinski definition) is 1. The van der Waals surface area contributed by atoms with E-state index in [9.17, 15) is 0 Å². The standard InChI is InChI=1S/C7H15NO/c1-2-6(8)5-7-3-4-9-7/h6-7H,2-5,8H2,1H3. The van der Waals surface area contributed by atoms with Crippen LogP contribution in [-0.4, -0.2) is 18.8 Å². The molecule has 9 heavy (non-hydrogen) atoms. The predicted octanol–water partition coefficient (Wildman–Crippen LogP) is 0.903. The molecule has 2 nitrogen and oxygen atoms in total. The quantitative estimate of drug-likeness (QED) is 0.614. The molecule has 54 valence electrons. The first-order valence-corrected chi connectivity index (χ1v) is 3.70. The van der Waals surface area contributed by atoms with E-state index in [2.05, 4.69) is 6.92 Å². The molecule has 0 saturated carbocycles. The highest BCUT2D eigenvalue weighted by Gasteiger charge is 2.19. The molecule has 1 aliphatic rings. The monoisotopic (exact) mass is 129 g/mol. The van der Waals surface area contributed by atoms with E-state index in [-0.39, 0.29) is 0 Å². The van der Waals surface area contributed by atoms with E-state index >= 15 is 0 Å². The fraction of sp³-hybridized carbons (Fsp3) is 1.00. The zero-order chi connectivity index (χ0) is 6.69. The Morgan fingerprint density at radius 2 is 2.44 bits per heavy atom. The maximum absolute atomic E-state index is 5.70. The van der Waals surface area contributed by atoms with Crippen LogP contribution in [0.25, 0.3) is 0 Å². The lowest BCUT2D eigenvalue weighted by Crippen LogP contribution is -2.34. The van der Waals surface area contributed by atoms with Crippen LogP contribution in [0.1, 0.15) is 26.2 Å². The van der Waals surface area contributed by atoms with Crippen LogP contribution in [0.5, 0.6) is 0 Å². The molecule has 0 bridgehead atoms. The third-order valence-electron chi connectivity index (χ3n) is 1.88. The Morgan fingerprint density at radius 3 is 2.78 bits per heavy atom. The van der Waals surface area contributed by atoms with Gasteiger partial charge in [0, 0.05) is 12.6 Å². The normalized spacial score (nSPS) is 29.3. The van der Waals surface area contributed by atoms with Crippen molar-refractivity contribution in [1.82, 2.24) is 0 Å². The fourth-order valence-electron chi connectivity index (χ4n) is 0.975. The zero-order valence-electron chi connectivity index (χ0n) is 5.97. The summed E-state index contributed by atoms with van der Waals surface area (Å²) in [5.74, 6) is 0. The van der Waals surface area contributed by atoms with Crippen LogP contribution in [0, 0.1) is 0 Å². The minimum atomic E-state index is 0.357. The smallest absolute Gasteiger partial charge is 0.0611 e. The van der Waals surface area contributed by atoms with Crippen LogP contribution in [0.4, 0.5) is 0 Å². The van der Waals surface area contributed by atoms with Crippen molar-refractivity contribution in [3.63, 3.8) is 0 Å². The number of rotatable bonds is 3. The molecule has 2 N–H and O–H groups in total. The van der Waals surface area contributed by atoms with Crippen molar-refractivity contribution in [2.24, 2.45) is 5.73 Å². The zero-order valence-corrected chi connectivity index (χ0v) is 5.97. The Hall–Kier alpha value is -0.0800. The minimum Gasteiger partial charge on any atom is -0.378 e. The second-order valence-electron chi connectivity index (χ2n) is 2.69. The lowest BCUT2D eigenvalue weighted by atomic mass is 10.0. The van der Waals surface area contributed by atoms with Crippen molar-refractivity contribution < 1.29 is 4.74 Å². The second-order valence-corrected chi connectivity index (χ2v) is 2.69. The second kappa shape index (κ2) is 3.18. The Morgan fingerprint density at radius 1 is 1.78 bits per heavy atom. The van der Waals surface area contributed by atoms with Gasteiger partial charge in [-0.15, -0.1) is 0 Å². The third kappa shape index (κ3) is 1.95. The van der Waals surface area contributed by atoms with E-state index in [1.807, 2.05) is 0 Å². The van der Waals surface area contributed by atoms with Crippen LogP contribution < -0.4 is 5.73 Å². The summed E-state index contributed by atoms with van der Waals surface area (Å²) in [5, 5.41) is 0. The van der Waals surface area contributed by atoms with Gasteiger partial charge in [0.15, 0.2) is 0 Å². The average molecular weight is 129 g/mol. The molecule has 1 saturated heterocycles. The van der Waals surface area contributed by atoms with Gasteiger partial charge in [0.25, 0.3) is 0 Å². The highest BCUT2D eigenvalue weighted by atomic mass is 16.5. The molecule has 1 fully saturated rings. The maximum atomic E-state index is 5.70. The first kappa shape index (κ1) is 7.03. The lowest BCUT2D eigenvalue weighted by molar-refractivity contribution is -0.0577. The molecule has 0 radical (unpaired) electrons. The Kier molecular flexibility index (Phi) is 2.49. The van der Waals surface area contributed by atoms with Gasteiger partial charge in [0.1, 0.15) is 0 Å². The largest absolute Gasteiger partial charge is 0.378 e. The van der Waals surface area contributed by atoms with Gasteiger partial charge in [0.05, 0.1) is 6.10 Å². The van der Waals surface area contributed by atoms with E-state index in [0.29, 0.717) is 12.1 Å². The number of nitrogens with two attached hydrogens (primary N) is 1. The Balaban J connectivity index is 2.01. The van der Waals surface area contributed by atoms with Crippen LogP contribution in [0.2, 0.25) is 0 Å². The van der Waals surface area contributed by atoms with Crippen molar-refractivity contribution >= 4 is 0 Å². The van der Waals surface area contributed by atoms with Crippen molar-refractivity contribution in [3.05, 3.63) is 0 Å². The lowest BCUT2D eigenvalue weighted by Gasteiger charge is -2.28. The van der Waals surface area contributed by atoms with E-state index in [1.165, 1.54) is 6.42 Å².